The van der Waals surface area contributed by atoms with E-state index in [0.717, 1.165) is 46.6 Å². The quantitative estimate of drug-likeness (QED) is 0.487. The first kappa shape index (κ1) is 22.0. The molecule has 1 aliphatic rings. The van der Waals surface area contributed by atoms with Crippen LogP contribution in [-0.4, -0.2) is 46.2 Å². The molecular weight excluding hydrogens is 426 g/mol. The highest BCUT2D eigenvalue weighted by molar-refractivity contribution is 6.07. The highest BCUT2D eigenvalue weighted by Gasteiger charge is 2.23. The molecule has 172 valence electrons. The van der Waals surface area contributed by atoms with Gasteiger partial charge in [0.2, 0.25) is 0 Å². The maximum absolute atomic E-state index is 13.2. The smallest absolute Gasteiger partial charge is 0.252 e. The molecule has 1 aliphatic heterocycles. The summed E-state index contributed by atoms with van der Waals surface area (Å²) < 4.78 is 5.81. The van der Waals surface area contributed by atoms with Gasteiger partial charge in [-0.1, -0.05) is 24.3 Å². The molecule has 5 rings (SSSR count). The lowest BCUT2D eigenvalue weighted by molar-refractivity contribution is -0.00546. The Labute approximate surface area is 198 Å². The van der Waals surface area contributed by atoms with E-state index in [1.807, 2.05) is 60.8 Å². The molecule has 7 heteroatoms. The number of pyridine rings is 3. The van der Waals surface area contributed by atoms with E-state index in [-0.39, 0.29) is 18.1 Å². The van der Waals surface area contributed by atoms with Gasteiger partial charge in [0.05, 0.1) is 29.0 Å². The highest BCUT2D eigenvalue weighted by atomic mass is 16.5. The summed E-state index contributed by atoms with van der Waals surface area (Å²) in [7, 11) is 0. The van der Waals surface area contributed by atoms with E-state index in [1.54, 1.807) is 12.4 Å². The standard InChI is InChI=1S/C27H27N5O2/c1-18-16-32(17-19(2)34-18)26-8-7-20(14-29-26)15-30-27(33)23-13-25(21-9-11-28-12-10-21)31-24-6-4-3-5-22(23)24/h3-14,18-19H,15-17H2,1-2H3,(H,30,33)/t18-,19-/m1/s1. The second kappa shape index (κ2) is 9.57. The minimum atomic E-state index is -0.145. The number of carbonyl (C=O) groups excluding carboxylic acids is 1. The van der Waals surface area contributed by atoms with Crippen molar-refractivity contribution in [2.45, 2.75) is 32.6 Å². The minimum Gasteiger partial charge on any atom is -0.372 e. The minimum absolute atomic E-state index is 0.145. The SMILES string of the molecule is C[C@@H]1CN(c2ccc(CNC(=O)c3cc(-c4ccncc4)nc4ccccc34)cn2)C[C@@H](C)O1. The summed E-state index contributed by atoms with van der Waals surface area (Å²) >= 11 is 0. The normalized spacial score (nSPS) is 18.1. The predicted molar refractivity (Wildman–Crippen MR) is 133 cm³/mol. The molecule has 4 aromatic rings. The number of amides is 1. The van der Waals surface area contributed by atoms with Gasteiger partial charge in [0.25, 0.3) is 5.91 Å². The second-order valence-electron chi connectivity index (χ2n) is 8.68. The van der Waals surface area contributed by atoms with Crippen molar-refractivity contribution in [2.75, 3.05) is 18.0 Å². The summed E-state index contributed by atoms with van der Waals surface area (Å²) in [4.78, 5) is 28.9. The molecule has 0 radical (unpaired) electrons. The van der Waals surface area contributed by atoms with E-state index in [9.17, 15) is 4.79 Å². The third kappa shape index (κ3) is 4.75. The molecule has 1 saturated heterocycles. The summed E-state index contributed by atoms with van der Waals surface area (Å²) in [5.41, 5.74) is 3.98. The van der Waals surface area contributed by atoms with Crippen LogP contribution in [0.5, 0.6) is 0 Å². The van der Waals surface area contributed by atoms with Crippen molar-refractivity contribution >= 4 is 22.6 Å². The van der Waals surface area contributed by atoms with Crippen LogP contribution < -0.4 is 10.2 Å². The van der Waals surface area contributed by atoms with Crippen LogP contribution in [0.3, 0.4) is 0 Å². The van der Waals surface area contributed by atoms with Crippen molar-refractivity contribution in [3.05, 3.63) is 84.3 Å². The number of carbonyl (C=O) groups is 1. The summed E-state index contributed by atoms with van der Waals surface area (Å²) in [6, 6.07) is 17.3. The van der Waals surface area contributed by atoms with Gasteiger partial charge in [0, 0.05) is 49.2 Å². The van der Waals surface area contributed by atoms with Crippen LogP contribution in [0.1, 0.15) is 29.8 Å². The number of benzene rings is 1. The number of morpholine rings is 1. The van der Waals surface area contributed by atoms with Crippen molar-refractivity contribution in [1.82, 2.24) is 20.3 Å². The molecule has 0 saturated carbocycles. The van der Waals surface area contributed by atoms with Crippen molar-refractivity contribution in [2.24, 2.45) is 0 Å². The van der Waals surface area contributed by atoms with E-state index in [2.05, 4.69) is 34.0 Å². The lowest BCUT2D eigenvalue weighted by Crippen LogP contribution is -2.45. The molecule has 0 aliphatic carbocycles. The summed E-state index contributed by atoms with van der Waals surface area (Å²) in [5, 5.41) is 3.87. The number of rotatable bonds is 5. The van der Waals surface area contributed by atoms with Gasteiger partial charge in [0.15, 0.2) is 0 Å². The zero-order chi connectivity index (χ0) is 23.5. The van der Waals surface area contributed by atoms with Gasteiger partial charge in [-0.25, -0.2) is 9.97 Å². The predicted octanol–water partition coefficient (Wildman–Crippen LogP) is 4.24. The number of ether oxygens (including phenoxy) is 1. The largest absolute Gasteiger partial charge is 0.372 e. The van der Waals surface area contributed by atoms with Crippen molar-refractivity contribution in [3.8, 4) is 11.3 Å². The third-order valence-corrected chi connectivity index (χ3v) is 5.94. The number of nitrogens with zero attached hydrogens (tertiary/aromatic N) is 4. The van der Waals surface area contributed by atoms with Gasteiger partial charge in [-0.05, 0) is 49.7 Å². The molecule has 34 heavy (non-hydrogen) atoms. The van der Waals surface area contributed by atoms with Crippen LogP contribution in [0.15, 0.2) is 73.2 Å². The molecule has 1 fully saturated rings. The topological polar surface area (TPSA) is 80.2 Å². The first-order valence-corrected chi connectivity index (χ1v) is 11.5. The van der Waals surface area contributed by atoms with Gasteiger partial charge >= 0.3 is 0 Å². The van der Waals surface area contributed by atoms with E-state index in [1.165, 1.54) is 0 Å². The Hall–Kier alpha value is -3.84. The lowest BCUT2D eigenvalue weighted by Gasteiger charge is -2.36. The Bertz CT molecular complexity index is 1280. The van der Waals surface area contributed by atoms with Crippen LogP contribution in [0.25, 0.3) is 22.2 Å². The number of aromatic nitrogens is 3. The molecule has 2 atom stereocenters. The number of hydrogen-bond donors (Lipinski definition) is 1. The van der Waals surface area contributed by atoms with E-state index < -0.39 is 0 Å². The Morgan fingerprint density at radius 2 is 1.82 bits per heavy atom. The fourth-order valence-electron chi connectivity index (χ4n) is 4.38. The lowest BCUT2D eigenvalue weighted by atomic mass is 10.0. The number of anilines is 1. The average molecular weight is 454 g/mol. The first-order valence-electron chi connectivity index (χ1n) is 11.5. The Kier molecular flexibility index (Phi) is 6.18. The molecule has 7 nitrogen and oxygen atoms in total. The zero-order valence-corrected chi connectivity index (χ0v) is 19.3. The first-order chi connectivity index (χ1) is 16.6. The molecule has 3 aromatic heterocycles. The number of hydrogen-bond acceptors (Lipinski definition) is 6. The van der Waals surface area contributed by atoms with Crippen LogP contribution in [0.2, 0.25) is 0 Å². The maximum atomic E-state index is 13.2. The van der Waals surface area contributed by atoms with Crippen LogP contribution in [0.4, 0.5) is 5.82 Å². The highest BCUT2D eigenvalue weighted by Crippen LogP contribution is 2.25. The van der Waals surface area contributed by atoms with Crippen molar-refractivity contribution in [1.29, 1.82) is 0 Å². The van der Waals surface area contributed by atoms with Crippen LogP contribution >= 0.6 is 0 Å². The van der Waals surface area contributed by atoms with Gasteiger partial charge in [-0.15, -0.1) is 0 Å². The molecule has 1 aromatic carbocycles. The van der Waals surface area contributed by atoms with Gasteiger partial charge in [0.1, 0.15) is 5.82 Å². The number of fused-ring (bicyclic) bond motifs is 1. The van der Waals surface area contributed by atoms with E-state index in [0.29, 0.717) is 12.1 Å². The fraction of sp³-hybridized carbons (Fsp3) is 0.259. The van der Waals surface area contributed by atoms with Crippen molar-refractivity contribution in [3.63, 3.8) is 0 Å². The Balaban J connectivity index is 1.33. The Morgan fingerprint density at radius 1 is 1.06 bits per heavy atom. The molecule has 1 N–H and O–H groups in total. The molecule has 4 heterocycles. The van der Waals surface area contributed by atoms with Gasteiger partial charge < -0.3 is 15.0 Å². The average Bonchev–Trinajstić information content (AvgIpc) is 2.87. The van der Waals surface area contributed by atoms with Gasteiger partial charge in [-0.2, -0.15) is 0 Å². The third-order valence-electron chi connectivity index (χ3n) is 5.94. The number of para-hydroxylation sites is 1. The maximum Gasteiger partial charge on any atom is 0.252 e. The summed E-state index contributed by atoms with van der Waals surface area (Å²) in [5.74, 6) is 0.785. The van der Waals surface area contributed by atoms with E-state index >= 15 is 0 Å². The molecule has 0 unspecified atom stereocenters. The van der Waals surface area contributed by atoms with Crippen LogP contribution in [0, 0.1) is 0 Å². The van der Waals surface area contributed by atoms with Crippen LogP contribution in [-0.2, 0) is 11.3 Å². The molecular formula is C27H27N5O2. The monoisotopic (exact) mass is 453 g/mol. The summed E-state index contributed by atoms with van der Waals surface area (Å²) in [6.07, 6.45) is 5.63. The van der Waals surface area contributed by atoms with Gasteiger partial charge in [-0.3, -0.25) is 9.78 Å². The Morgan fingerprint density at radius 3 is 2.56 bits per heavy atom. The van der Waals surface area contributed by atoms with Crippen molar-refractivity contribution < 1.29 is 9.53 Å². The fourth-order valence-corrected chi connectivity index (χ4v) is 4.38. The second-order valence-corrected chi connectivity index (χ2v) is 8.68. The van der Waals surface area contributed by atoms with E-state index in [4.69, 9.17) is 9.72 Å². The number of nitrogens with one attached hydrogen (secondary N) is 1. The molecule has 1 amide bonds. The molecule has 0 spiro atoms. The molecule has 0 bridgehead atoms. The summed E-state index contributed by atoms with van der Waals surface area (Å²) in [6.45, 7) is 6.19. The zero-order valence-electron chi connectivity index (χ0n) is 19.3.